The Morgan fingerprint density at radius 1 is 0.870 bits per heavy atom. The van der Waals surface area contributed by atoms with Crippen molar-refractivity contribution in [2.45, 2.75) is 30.0 Å². The van der Waals surface area contributed by atoms with Gasteiger partial charge in [-0.2, -0.15) is 0 Å². The smallest absolute Gasteiger partial charge is 0.267 e. The van der Waals surface area contributed by atoms with Gasteiger partial charge < -0.3 is 0 Å². The summed E-state index contributed by atoms with van der Waals surface area (Å²) in [6.07, 6.45) is 0. The van der Waals surface area contributed by atoms with Crippen LogP contribution in [0.5, 0.6) is 0 Å². The van der Waals surface area contributed by atoms with Crippen LogP contribution >= 0.6 is 11.8 Å². The van der Waals surface area contributed by atoms with E-state index in [0.29, 0.717) is 11.1 Å². The van der Waals surface area contributed by atoms with Crippen molar-refractivity contribution in [3.8, 4) is 0 Å². The van der Waals surface area contributed by atoms with E-state index in [2.05, 4.69) is 24.5 Å². The van der Waals surface area contributed by atoms with Crippen molar-refractivity contribution in [2.24, 2.45) is 0 Å². The normalized spacial score (nSPS) is 16.3. The van der Waals surface area contributed by atoms with Crippen molar-refractivity contribution in [3.63, 3.8) is 0 Å². The second kappa shape index (κ2) is 6.56. The Morgan fingerprint density at radius 2 is 1.39 bits per heavy atom. The van der Waals surface area contributed by atoms with Crippen molar-refractivity contribution in [1.29, 1.82) is 0 Å². The van der Waals surface area contributed by atoms with Gasteiger partial charge in [0.05, 0.1) is 11.1 Å². The van der Waals surface area contributed by atoms with Gasteiger partial charge in [0.2, 0.25) is 0 Å². The van der Waals surface area contributed by atoms with Crippen LogP contribution in [0.2, 0.25) is 0 Å². The minimum absolute atomic E-state index is 0.0394. The molecule has 23 heavy (non-hydrogen) atoms. The number of nitrogens with one attached hydrogen (secondary N) is 1. The van der Waals surface area contributed by atoms with E-state index in [1.807, 2.05) is 25.1 Å². The Labute approximate surface area is 139 Å². The van der Waals surface area contributed by atoms with Gasteiger partial charge in [-0.15, -0.1) is 11.8 Å². The van der Waals surface area contributed by atoms with Gasteiger partial charge in [0.25, 0.3) is 11.8 Å². The summed E-state index contributed by atoms with van der Waals surface area (Å²) in [5.41, 5.74) is 3.98. The van der Waals surface area contributed by atoms with E-state index >= 15 is 0 Å². The van der Waals surface area contributed by atoms with Gasteiger partial charge in [-0.05, 0) is 31.2 Å². The highest BCUT2D eigenvalue weighted by Crippen LogP contribution is 2.26. The lowest BCUT2D eigenvalue weighted by Crippen LogP contribution is -2.49. The number of hydrazine groups is 1. The fourth-order valence-electron chi connectivity index (χ4n) is 2.43. The Hall–Kier alpha value is -2.11. The number of imide groups is 1. The predicted molar refractivity (Wildman–Crippen MR) is 91.3 cm³/mol. The Balaban J connectivity index is 1.68. The zero-order valence-electron chi connectivity index (χ0n) is 13.0. The summed E-state index contributed by atoms with van der Waals surface area (Å²) in [5.74, 6) is -0.566. The molecule has 5 heteroatoms. The lowest BCUT2D eigenvalue weighted by Gasteiger charge is -2.25. The first-order valence-corrected chi connectivity index (χ1v) is 8.41. The van der Waals surface area contributed by atoms with Gasteiger partial charge in [-0.25, -0.2) is 10.4 Å². The average Bonchev–Trinajstić information content (AvgIpc) is 2.81. The minimum atomic E-state index is -0.283. The zero-order valence-corrected chi connectivity index (χ0v) is 13.8. The number of rotatable bonds is 5. The monoisotopic (exact) mass is 326 g/mol. The summed E-state index contributed by atoms with van der Waals surface area (Å²) in [7, 11) is 0. The van der Waals surface area contributed by atoms with Crippen LogP contribution in [0.25, 0.3) is 0 Å². The third-order valence-corrected chi connectivity index (χ3v) is 5.22. The summed E-state index contributed by atoms with van der Waals surface area (Å²) in [5, 5.41) is 1.33. The van der Waals surface area contributed by atoms with E-state index in [0.717, 1.165) is 9.90 Å². The summed E-state index contributed by atoms with van der Waals surface area (Å²) in [6, 6.07) is 16.9. The maximum Gasteiger partial charge on any atom is 0.276 e. The lowest BCUT2D eigenvalue weighted by atomic mass is 10.1. The molecule has 0 aliphatic carbocycles. The second-order valence-electron chi connectivity index (χ2n) is 5.55. The molecule has 0 saturated carbocycles. The van der Waals surface area contributed by atoms with Crippen LogP contribution in [0.15, 0.2) is 59.5 Å². The molecule has 0 saturated heterocycles. The van der Waals surface area contributed by atoms with E-state index in [1.54, 1.807) is 36.0 Å². The number of carbonyl (C=O) groups is 2. The summed E-state index contributed by atoms with van der Waals surface area (Å²) in [4.78, 5) is 25.9. The number of amides is 2. The molecule has 2 aromatic carbocycles. The second-order valence-corrected chi connectivity index (χ2v) is 7.00. The molecule has 118 valence electrons. The summed E-state index contributed by atoms with van der Waals surface area (Å²) < 4.78 is 0. The van der Waals surface area contributed by atoms with E-state index in [1.165, 1.54) is 0 Å². The molecule has 1 aliphatic rings. The molecule has 1 heterocycles. The first-order valence-electron chi connectivity index (χ1n) is 7.53. The Kier molecular flexibility index (Phi) is 4.50. The fourth-order valence-corrected chi connectivity index (χ4v) is 3.44. The van der Waals surface area contributed by atoms with Crippen molar-refractivity contribution in [2.75, 3.05) is 0 Å². The molecule has 0 unspecified atom stereocenters. The topological polar surface area (TPSA) is 49.4 Å². The molecule has 0 spiro atoms. The molecule has 2 atom stereocenters. The molecule has 0 aromatic heterocycles. The molecule has 2 amide bonds. The first kappa shape index (κ1) is 15.8. The van der Waals surface area contributed by atoms with Crippen molar-refractivity contribution in [3.05, 3.63) is 65.7 Å². The van der Waals surface area contributed by atoms with E-state index in [4.69, 9.17) is 0 Å². The van der Waals surface area contributed by atoms with Crippen molar-refractivity contribution < 1.29 is 9.59 Å². The van der Waals surface area contributed by atoms with Crippen molar-refractivity contribution >= 4 is 23.6 Å². The number of fused-ring (bicyclic) bond motifs is 1. The highest BCUT2D eigenvalue weighted by atomic mass is 32.2. The quantitative estimate of drug-likeness (QED) is 0.676. The number of hydrogen-bond donors (Lipinski definition) is 1. The van der Waals surface area contributed by atoms with Gasteiger partial charge >= 0.3 is 0 Å². The standard InChI is InChI=1S/C18H18N2O2S/c1-12(13(2)23-14-8-4-3-5-9-14)19-20-17(21)15-10-6-7-11-16(15)18(20)22/h3-13,19H,1-2H3/t12-,13-/m0/s1. The van der Waals surface area contributed by atoms with Crippen LogP contribution in [0.1, 0.15) is 34.6 Å². The van der Waals surface area contributed by atoms with Gasteiger partial charge in [0.1, 0.15) is 0 Å². The molecule has 2 aromatic rings. The molecule has 1 N–H and O–H groups in total. The van der Waals surface area contributed by atoms with E-state index in [-0.39, 0.29) is 23.1 Å². The number of carbonyl (C=O) groups excluding carboxylic acids is 2. The van der Waals surface area contributed by atoms with Crippen LogP contribution < -0.4 is 5.43 Å². The Bertz CT molecular complexity index is 698. The van der Waals surface area contributed by atoms with Crippen LogP contribution in [0, 0.1) is 0 Å². The molecule has 3 rings (SSSR count). The molecular weight excluding hydrogens is 308 g/mol. The van der Waals surface area contributed by atoms with E-state index < -0.39 is 0 Å². The van der Waals surface area contributed by atoms with Gasteiger partial charge in [-0.1, -0.05) is 37.3 Å². The third-order valence-electron chi connectivity index (χ3n) is 3.90. The number of nitrogens with zero attached hydrogens (tertiary/aromatic N) is 1. The molecular formula is C18H18N2O2S. The molecule has 4 nitrogen and oxygen atoms in total. The summed E-state index contributed by atoms with van der Waals surface area (Å²) in [6.45, 7) is 4.05. The molecule has 1 aliphatic heterocycles. The number of benzene rings is 2. The van der Waals surface area contributed by atoms with Crippen molar-refractivity contribution in [1.82, 2.24) is 10.4 Å². The maximum absolute atomic E-state index is 12.4. The maximum atomic E-state index is 12.4. The first-order chi connectivity index (χ1) is 11.1. The van der Waals surface area contributed by atoms with Crippen LogP contribution in [-0.2, 0) is 0 Å². The minimum Gasteiger partial charge on any atom is -0.267 e. The number of hydrogen-bond acceptors (Lipinski definition) is 4. The zero-order chi connectivity index (χ0) is 16.4. The largest absolute Gasteiger partial charge is 0.276 e. The van der Waals surface area contributed by atoms with Crippen LogP contribution in [0.4, 0.5) is 0 Å². The third kappa shape index (κ3) is 3.16. The number of thioether (sulfide) groups is 1. The predicted octanol–water partition coefficient (Wildman–Crippen LogP) is 3.36. The highest BCUT2D eigenvalue weighted by molar-refractivity contribution is 8.00. The molecule has 0 bridgehead atoms. The average molecular weight is 326 g/mol. The van der Waals surface area contributed by atoms with Gasteiger partial charge in [-0.3, -0.25) is 9.59 Å². The van der Waals surface area contributed by atoms with E-state index in [9.17, 15) is 9.59 Å². The SMILES string of the molecule is C[C@H](NN1C(=O)c2ccccc2C1=O)[C@H](C)Sc1ccccc1. The van der Waals surface area contributed by atoms with Gasteiger partial charge in [0.15, 0.2) is 0 Å². The lowest BCUT2D eigenvalue weighted by molar-refractivity contribution is 0.0539. The van der Waals surface area contributed by atoms with Crippen LogP contribution in [-0.4, -0.2) is 28.1 Å². The van der Waals surface area contributed by atoms with Gasteiger partial charge in [0, 0.05) is 16.2 Å². The van der Waals surface area contributed by atoms with Crippen LogP contribution in [0.3, 0.4) is 0 Å². The highest BCUT2D eigenvalue weighted by Gasteiger charge is 2.36. The molecule has 0 radical (unpaired) electrons. The fraction of sp³-hybridized carbons (Fsp3) is 0.222. The summed E-state index contributed by atoms with van der Waals surface area (Å²) >= 11 is 1.71. The Morgan fingerprint density at radius 3 is 1.96 bits per heavy atom. The molecule has 0 fully saturated rings.